The van der Waals surface area contributed by atoms with E-state index in [1.807, 2.05) is 49.9 Å². The number of anilines is 1. The van der Waals surface area contributed by atoms with Crippen molar-refractivity contribution in [2.75, 3.05) is 18.0 Å². The van der Waals surface area contributed by atoms with Gasteiger partial charge in [-0.3, -0.25) is 0 Å². The molecular weight excluding hydrogens is 424 g/mol. The Morgan fingerprint density at radius 2 is 1.73 bits per heavy atom. The molecule has 158 valence electrons. The van der Waals surface area contributed by atoms with Gasteiger partial charge in [0, 0.05) is 23.7 Å². The maximum absolute atomic E-state index is 13.5. The van der Waals surface area contributed by atoms with E-state index in [0.29, 0.717) is 18.1 Å². The Morgan fingerprint density at radius 1 is 1.07 bits per heavy atom. The first-order valence-electron chi connectivity index (χ1n) is 9.73. The van der Waals surface area contributed by atoms with Gasteiger partial charge in [-0.1, -0.05) is 29.3 Å². The average Bonchev–Trinajstić information content (AvgIpc) is 3.14. The molecule has 1 fully saturated rings. The molecule has 1 aliphatic heterocycles. The summed E-state index contributed by atoms with van der Waals surface area (Å²) in [5.74, 6) is 0.511. The molecule has 1 aromatic heterocycles. The van der Waals surface area contributed by atoms with Crippen LogP contribution in [0.1, 0.15) is 19.4 Å². The third-order valence-electron chi connectivity index (χ3n) is 4.93. The quantitative estimate of drug-likeness (QED) is 0.575. The first kappa shape index (κ1) is 20.9. The van der Waals surface area contributed by atoms with Gasteiger partial charge in [0.2, 0.25) is 26.6 Å². The van der Waals surface area contributed by atoms with Crippen LogP contribution in [0.2, 0.25) is 5.02 Å². The predicted octanol–water partition coefficient (Wildman–Crippen LogP) is 4.75. The Balaban J connectivity index is 1.86. The van der Waals surface area contributed by atoms with E-state index in [-0.39, 0.29) is 33.9 Å². The van der Waals surface area contributed by atoms with Crippen molar-refractivity contribution in [3.63, 3.8) is 0 Å². The Hall–Kier alpha value is -2.35. The second-order valence-electron chi connectivity index (χ2n) is 7.62. The van der Waals surface area contributed by atoms with Crippen molar-refractivity contribution in [1.29, 1.82) is 0 Å². The van der Waals surface area contributed by atoms with Crippen molar-refractivity contribution in [2.45, 2.75) is 42.9 Å². The Morgan fingerprint density at radius 3 is 2.37 bits per heavy atom. The average molecular weight is 447 g/mol. The lowest BCUT2D eigenvalue weighted by atomic mass is 10.1. The minimum Gasteiger partial charge on any atom is -0.419 e. The van der Waals surface area contributed by atoms with Gasteiger partial charge in [-0.15, -0.1) is 0 Å². The highest BCUT2D eigenvalue weighted by Crippen LogP contribution is 2.36. The number of sulfone groups is 1. The van der Waals surface area contributed by atoms with E-state index >= 15 is 0 Å². The summed E-state index contributed by atoms with van der Waals surface area (Å²) in [5.41, 5.74) is 1.76. The second-order valence-corrected chi connectivity index (χ2v) is 9.92. The predicted molar refractivity (Wildman–Crippen MR) is 116 cm³/mol. The largest absolute Gasteiger partial charge is 0.419 e. The summed E-state index contributed by atoms with van der Waals surface area (Å²) in [6, 6.07) is 13.7. The third kappa shape index (κ3) is 4.10. The van der Waals surface area contributed by atoms with E-state index in [1.165, 1.54) is 12.1 Å². The number of aryl methyl sites for hydroxylation is 1. The molecule has 6 nitrogen and oxygen atoms in total. The van der Waals surface area contributed by atoms with Crippen LogP contribution in [0.4, 0.5) is 5.88 Å². The standard InChI is InChI=1S/C22H23ClN2O4S/c1-14-5-4-6-17(11-14)20-24-21(30(26,27)19-9-7-18(23)8-10-19)22(29-20)25-12-15(2)28-16(3)13-25/h4-11,15-16H,12-13H2,1-3H3/t15-,16+. The first-order valence-corrected chi connectivity index (χ1v) is 11.6. The van der Waals surface area contributed by atoms with Gasteiger partial charge in [0.1, 0.15) is 0 Å². The van der Waals surface area contributed by atoms with Crippen LogP contribution < -0.4 is 4.90 Å². The lowest BCUT2D eigenvalue weighted by Crippen LogP contribution is -2.45. The summed E-state index contributed by atoms with van der Waals surface area (Å²) in [4.78, 5) is 6.46. The van der Waals surface area contributed by atoms with E-state index in [0.717, 1.165) is 11.1 Å². The van der Waals surface area contributed by atoms with Crippen molar-refractivity contribution >= 4 is 27.3 Å². The van der Waals surface area contributed by atoms with Crippen LogP contribution in [-0.4, -0.2) is 38.7 Å². The van der Waals surface area contributed by atoms with Crippen LogP contribution in [0.15, 0.2) is 62.9 Å². The van der Waals surface area contributed by atoms with Crippen LogP contribution in [0.5, 0.6) is 0 Å². The van der Waals surface area contributed by atoms with Crippen LogP contribution in [-0.2, 0) is 14.6 Å². The van der Waals surface area contributed by atoms with Crippen molar-refractivity contribution in [1.82, 2.24) is 4.98 Å². The molecule has 4 rings (SSSR count). The molecule has 0 radical (unpaired) electrons. The maximum Gasteiger partial charge on any atom is 0.236 e. The molecule has 0 saturated carbocycles. The number of hydrogen-bond donors (Lipinski definition) is 0. The van der Waals surface area contributed by atoms with Crippen molar-refractivity contribution in [2.24, 2.45) is 0 Å². The van der Waals surface area contributed by atoms with Gasteiger partial charge in [-0.25, -0.2) is 8.42 Å². The highest BCUT2D eigenvalue weighted by atomic mass is 35.5. The fourth-order valence-corrected chi connectivity index (χ4v) is 5.09. The van der Waals surface area contributed by atoms with E-state index in [4.69, 9.17) is 20.8 Å². The first-order chi connectivity index (χ1) is 14.2. The molecule has 0 unspecified atom stereocenters. The molecule has 30 heavy (non-hydrogen) atoms. The number of rotatable bonds is 4. The molecular formula is C22H23ClN2O4S. The zero-order valence-electron chi connectivity index (χ0n) is 17.0. The molecule has 2 heterocycles. The van der Waals surface area contributed by atoms with Gasteiger partial charge in [0.05, 0.1) is 17.1 Å². The highest BCUT2D eigenvalue weighted by Gasteiger charge is 2.34. The highest BCUT2D eigenvalue weighted by molar-refractivity contribution is 7.91. The molecule has 0 spiro atoms. The van der Waals surface area contributed by atoms with Crippen LogP contribution >= 0.6 is 11.6 Å². The summed E-state index contributed by atoms with van der Waals surface area (Å²) >= 11 is 5.94. The fourth-order valence-electron chi connectivity index (χ4n) is 3.64. The lowest BCUT2D eigenvalue weighted by Gasteiger charge is -2.35. The van der Waals surface area contributed by atoms with E-state index < -0.39 is 9.84 Å². The second kappa shape index (κ2) is 8.06. The number of oxazole rings is 1. The number of hydrogen-bond acceptors (Lipinski definition) is 6. The monoisotopic (exact) mass is 446 g/mol. The molecule has 8 heteroatoms. The number of ether oxygens (including phenoxy) is 1. The molecule has 1 saturated heterocycles. The van der Waals surface area contributed by atoms with Crippen molar-refractivity contribution in [3.8, 4) is 11.5 Å². The van der Waals surface area contributed by atoms with Gasteiger partial charge in [-0.05, 0) is 57.2 Å². The fraction of sp³-hybridized carbons (Fsp3) is 0.318. The zero-order chi connectivity index (χ0) is 21.5. The van der Waals surface area contributed by atoms with E-state index in [1.54, 1.807) is 12.1 Å². The summed E-state index contributed by atoms with van der Waals surface area (Å²) in [6.45, 7) is 6.89. The number of halogens is 1. The molecule has 1 aliphatic rings. The Bertz CT molecular complexity index is 1150. The van der Waals surface area contributed by atoms with Gasteiger partial charge in [-0.2, -0.15) is 4.98 Å². The summed E-state index contributed by atoms with van der Waals surface area (Å²) in [6.07, 6.45) is -0.125. The SMILES string of the molecule is Cc1cccc(-c2nc(S(=O)(=O)c3ccc(Cl)cc3)c(N3C[C@@H](C)O[C@@H](C)C3)o2)c1. The summed E-state index contributed by atoms with van der Waals surface area (Å²) < 4.78 is 38.8. The third-order valence-corrected chi connectivity index (χ3v) is 6.85. The lowest BCUT2D eigenvalue weighted by molar-refractivity contribution is -0.00657. The van der Waals surface area contributed by atoms with Gasteiger partial charge in [0.25, 0.3) is 0 Å². The van der Waals surface area contributed by atoms with Gasteiger partial charge >= 0.3 is 0 Å². The van der Waals surface area contributed by atoms with Crippen LogP contribution in [0.3, 0.4) is 0 Å². The smallest absolute Gasteiger partial charge is 0.236 e. The maximum atomic E-state index is 13.5. The summed E-state index contributed by atoms with van der Waals surface area (Å²) in [5, 5.41) is 0.369. The molecule has 0 N–H and O–H groups in total. The molecule has 3 aromatic rings. The number of aromatic nitrogens is 1. The zero-order valence-corrected chi connectivity index (χ0v) is 18.6. The van der Waals surface area contributed by atoms with E-state index in [9.17, 15) is 8.42 Å². The number of benzene rings is 2. The van der Waals surface area contributed by atoms with Crippen LogP contribution in [0.25, 0.3) is 11.5 Å². The van der Waals surface area contributed by atoms with Crippen LogP contribution in [0, 0.1) is 6.92 Å². The Kier molecular flexibility index (Phi) is 5.61. The van der Waals surface area contributed by atoms with Gasteiger partial charge < -0.3 is 14.1 Å². The minimum atomic E-state index is -3.91. The molecule has 2 atom stereocenters. The molecule has 0 amide bonds. The molecule has 0 aliphatic carbocycles. The topological polar surface area (TPSA) is 72.6 Å². The Labute approximate surface area is 181 Å². The van der Waals surface area contributed by atoms with Crippen molar-refractivity contribution < 1.29 is 17.6 Å². The normalized spacial score (nSPS) is 19.8. The number of nitrogens with zero attached hydrogens (tertiary/aromatic N) is 2. The molecule has 2 aromatic carbocycles. The molecule has 0 bridgehead atoms. The van der Waals surface area contributed by atoms with E-state index in [2.05, 4.69) is 4.98 Å². The number of morpholine rings is 1. The van der Waals surface area contributed by atoms with Gasteiger partial charge in [0.15, 0.2) is 0 Å². The van der Waals surface area contributed by atoms with Crippen molar-refractivity contribution in [3.05, 3.63) is 59.1 Å². The minimum absolute atomic E-state index is 0.0626. The summed E-state index contributed by atoms with van der Waals surface area (Å²) in [7, 11) is -3.91.